The summed E-state index contributed by atoms with van der Waals surface area (Å²) in [5.41, 5.74) is 0.0499. The molecule has 132 valence electrons. The summed E-state index contributed by atoms with van der Waals surface area (Å²) in [5.74, 6) is -3.10. The van der Waals surface area contributed by atoms with Gasteiger partial charge in [0.1, 0.15) is 11.3 Å². The molecule has 2 N–H and O–H groups in total. The molecule has 2 aromatic carbocycles. The maximum absolute atomic E-state index is 12.6. The second kappa shape index (κ2) is 7.63. The number of fused-ring (bicyclic) bond motifs is 1. The Balaban J connectivity index is 2.47. The number of aliphatic hydroxyl groups excluding tert-OH is 1. The first-order valence-electron chi connectivity index (χ1n) is 7.32. The summed E-state index contributed by atoms with van der Waals surface area (Å²) in [4.78, 5) is 40.4. The van der Waals surface area contributed by atoms with Gasteiger partial charge >= 0.3 is 11.9 Å². The second-order valence-corrected chi connectivity index (χ2v) is 5.12. The molecule has 0 radical (unpaired) electrons. The van der Waals surface area contributed by atoms with Crippen LogP contribution in [-0.4, -0.2) is 52.9 Å². The summed E-state index contributed by atoms with van der Waals surface area (Å²) in [5, 5.41) is 19.9. The van der Waals surface area contributed by atoms with Crippen molar-refractivity contribution >= 4 is 28.6 Å². The fraction of sp³-hybridized carbons (Fsp3) is 0.235. The molecular weight excluding hydrogens is 330 g/mol. The molecule has 0 aliphatic heterocycles. The molecule has 0 aromatic heterocycles. The van der Waals surface area contributed by atoms with Crippen LogP contribution in [0.3, 0.4) is 0 Å². The van der Waals surface area contributed by atoms with E-state index in [2.05, 4.69) is 0 Å². The summed E-state index contributed by atoms with van der Waals surface area (Å²) < 4.78 is 5.18. The Bertz CT molecular complexity index is 818. The van der Waals surface area contributed by atoms with Crippen LogP contribution in [0.25, 0.3) is 10.8 Å². The van der Waals surface area contributed by atoms with Crippen molar-refractivity contribution in [3.63, 3.8) is 0 Å². The predicted octanol–water partition coefficient (Wildman–Crippen LogP) is 1.21. The number of amides is 1. The van der Waals surface area contributed by atoms with E-state index in [1.807, 2.05) is 0 Å². The van der Waals surface area contributed by atoms with Gasteiger partial charge in [-0.3, -0.25) is 4.79 Å². The lowest BCUT2D eigenvalue weighted by molar-refractivity contribution is -0.188. The number of rotatable bonds is 5. The molecule has 0 unspecified atom stereocenters. The van der Waals surface area contributed by atoms with E-state index < -0.39 is 30.5 Å². The van der Waals surface area contributed by atoms with Crippen LogP contribution in [0.4, 0.5) is 0 Å². The molecule has 2 aromatic rings. The van der Waals surface area contributed by atoms with Crippen molar-refractivity contribution in [2.45, 2.75) is 13.0 Å². The van der Waals surface area contributed by atoms with Crippen LogP contribution in [0, 0.1) is 0 Å². The lowest BCUT2D eigenvalue weighted by Crippen LogP contribution is -2.47. The predicted molar refractivity (Wildman–Crippen MR) is 86.9 cm³/mol. The van der Waals surface area contributed by atoms with Gasteiger partial charge in [-0.25, -0.2) is 9.59 Å². The quantitative estimate of drug-likeness (QED) is 0.782. The summed E-state index contributed by atoms with van der Waals surface area (Å²) in [6.07, 6.45) is 0. The number of carbonyl (C=O) groups is 3. The fourth-order valence-electron chi connectivity index (χ4n) is 2.37. The number of ether oxygens (including phenoxy) is 1. The molecular formula is C17H17NO7. The molecule has 0 spiro atoms. The molecule has 0 heterocycles. The van der Waals surface area contributed by atoms with Gasteiger partial charge in [-0.05, 0) is 11.5 Å². The van der Waals surface area contributed by atoms with Crippen molar-refractivity contribution in [2.24, 2.45) is 0 Å². The van der Waals surface area contributed by atoms with Gasteiger partial charge in [0.2, 0.25) is 0 Å². The van der Waals surface area contributed by atoms with Crippen molar-refractivity contribution in [3.05, 3.63) is 42.0 Å². The zero-order valence-electron chi connectivity index (χ0n) is 13.6. The average Bonchev–Trinajstić information content (AvgIpc) is 2.59. The number of carbonyl (C=O) groups excluding carboxylic acids is 2. The van der Waals surface area contributed by atoms with Crippen molar-refractivity contribution in [3.8, 4) is 5.75 Å². The lowest BCUT2D eigenvalue weighted by atomic mass is 10.0. The third-order valence-electron chi connectivity index (χ3n) is 3.55. The smallest absolute Gasteiger partial charge is 0.367 e. The topological polar surface area (TPSA) is 113 Å². The van der Waals surface area contributed by atoms with Crippen LogP contribution in [0.1, 0.15) is 17.3 Å². The van der Waals surface area contributed by atoms with Gasteiger partial charge < -0.3 is 19.8 Å². The number of methoxy groups -OCH3 is 1. The van der Waals surface area contributed by atoms with Crippen molar-refractivity contribution < 1.29 is 34.2 Å². The molecule has 0 bridgehead atoms. The number of carboxylic acids is 1. The molecule has 0 saturated carbocycles. The van der Waals surface area contributed by atoms with E-state index >= 15 is 0 Å². The molecule has 1 atom stereocenters. The molecule has 8 nitrogen and oxygen atoms in total. The van der Waals surface area contributed by atoms with Crippen molar-refractivity contribution in [1.82, 2.24) is 5.06 Å². The molecule has 25 heavy (non-hydrogen) atoms. The summed E-state index contributed by atoms with van der Waals surface area (Å²) in [6.45, 7) is 0.119. The monoisotopic (exact) mass is 347 g/mol. The SMILES string of the molecule is COc1ccc2ccccc2c1C(=O)ON(C(C)=O)[C@@H](CO)C(=O)O. The van der Waals surface area contributed by atoms with Crippen LogP contribution in [-0.2, 0) is 14.4 Å². The minimum Gasteiger partial charge on any atom is -0.496 e. The minimum absolute atomic E-state index is 0.0499. The van der Waals surface area contributed by atoms with Crippen LogP contribution >= 0.6 is 0 Å². The minimum atomic E-state index is -1.71. The van der Waals surface area contributed by atoms with Gasteiger partial charge in [-0.2, -0.15) is 5.06 Å². The molecule has 0 fully saturated rings. The Hall–Kier alpha value is -3.13. The third-order valence-corrected chi connectivity index (χ3v) is 3.55. The highest BCUT2D eigenvalue weighted by Crippen LogP contribution is 2.29. The van der Waals surface area contributed by atoms with Gasteiger partial charge in [0, 0.05) is 12.3 Å². The van der Waals surface area contributed by atoms with Crippen LogP contribution in [0.2, 0.25) is 0 Å². The first-order valence-corrected chi connectivity index (χ1v) is 7.32. The van der Waals surface area contributed by atoms with E-state index in [9.17, 15) is 19.5 Å². The first kappa shape index (κ1) is 18.2. The Morgan fingerprint density at radius 3 is 2.40 bits per heavy atom. The maximum atomic E-state index is 12.6. The number of carboxylic acid groups (broad SMARTS) is 1. The fourth-order valence-corrected chi connectivity index (χ4v) is 2.37. The molecule has 0 aliphatic rings. The highest BCUT2D eigenvalue weighted by molar-refractivity contribution is 6.07. The van der Waals surface area contributed by atoms with Crippen LogP contribution in [0.15, 0.2) is 36.4 Å². The van der Waals surface area contributed by atoms with E-state index in [-0.39, 0.29) is 11.3 Å². The molecule has 8 heteroatoms. The number of hydrogen-bond acceptors (Lipinski definition) is 6. The van der Waals surface area contributed by atoms with Crippen molar-refractivity contribution in [1.29, 1.82) is 0 Å². The Kier molecular flexibility index (Phi) is 5.56. The third kappa shape index (κ3) is 3.69. The maximum Gasteiger partial charge on any atom is 0.367 e. The van der Waals surface area contributed by atoms with E-state index in [0.717, 1.165) is 12.3 Å². The Morgan fingerprint density at radius 1 is 1.16 bits per heavy atom. The van der Waals surface area contributed by atoms with Gasteiger partial charge in [0.05, 0.1) is 13.7 Å². The zero-order chi connectivity index (χ0) is 18.6. The van der Waals surface area contributed by atoms with Gasteiger partial charge in [-0.1, -0.05) is 30.3 Å². The Morgan fingerprint density at radius 2 is 1.84 bits per heavy atom. The van der Waals surface area contributed by atoms with Gasteiger partial charge in [0.15, 0.2) is 6.04 Å². The Labute approximate surface area is 143 Å². The van der Waals surface area contributed by atoms with Gasteiger partial charge in [-0.15, -0.1) is 0 Å². The van der Waals surface area contributed by atoms with E-state index in [1.165, 1.54) is 7.11 Å². The highest BCUT2D eigenvalue weighted by atomic mass is 16.7. The first-order chi connectivity index (χ1) is 11.9. The molecule has 1 amide bonds. The summed E-state index contributed by atoms with van der Waals surface area (Å²) in [6, 6.07) is 8.57. The van der Waals surface area contributed by atoms with E-state index in [1.54, 1.807) is 36.4 Å². The standard InChI is InChI=1S/C17H17NO7/c1-10(20)18(13(9-19)16(21)22)25-17(23)15-12-6-4-3-5-11(12)7-8-14(15)24-2/h3-8,13,19H,9H2,1-2H3,(H,21,22)/t13-/m0/s1. The summed E-state index contributed by atoms with van der Waals surface area (Å²) >= 11 is 0. The van der Waals surface area contributed by atoms with Crippen LogP contribution < -0.4 is 4.74 Å². The number of hydrogen-bond donors (Lipinski definition) is 2. The molecule has 0 aliphatic carbocycles. The largest absolute Gasteiger partial charge is 0.496 e. The second-order valence-electron chi connectivity index (χ2n) is 5.12. The average molecular weight is 347 g/mol. The molecule has 2 rings (SSSR count). The lowest BCUT2D eigenvalue weighted by Gasteiger charge is -2.25. The van der Waals surface area contributed by atoms with Crippen LogP contribution in [0.5, 0.6) is 5.75 Å². The molecule has 0 saturated heterocycles. The van der Waals surface area contributed by atoms with E-state index in [4.69, 9.17) is 14.7 Å². The normalized spacial score (nSPS) is 11.6. The number of aliphatic carboxylic acids is 1. The van der Waals surface area contributed by atoms with E-state index in [0.29, 0.717) is 10.4 Å². The van der Waals surface area contributed by atoms with Crippen molar-refractivity contribution in [2.75, 3.05) is 13.7 Å². The highest BCUT2D eigenvalue weighted by Gasteiger charge is 2.32. The number of benzene rings is 2. The van der Waals surface area contributed by atoms with Gasteiger partial charge in [0.25, 0.3) is 5.91 Å². The number of hydroxylamine groups is 2. The number of nitrogens with zero attached hydrogens (tertiary/aromatic N) is 1. The summed E-state index contributed by atoms with van der Waals surface area (Å²) in [7, 11) is 1.37. The number of aliphatic hydroxyl groups is 1. The zero-order valence-corrected chi connectivity index (χ0v) is 13.6.